The molecule has 146 valence electrons. The molecule has 1 aromatic carbocycles. The molecule has 1 aromatic rings. The van der Waals surface area contributed by atoms with Gasteiger partial charge in [0.2, 0.25) is 0 Å². The van der Waals surface area contributed by atoms with Crippen LogP contribution in [0, 0.1) is 22.7 Å². The molecule has 0 radical (unpaired) electrons. The van der Waals surface area contributed by atoms with Crippen LogP contribution in [0.15, 0.2) is 75.0 Å². The van der Waals surface area contributed by atoms with E-state index in [0.717, 1.165) is 18.0 Å². The fourth-order valence-corrected chi connectivity index (χ4v) is 4.58. The fraction of sp³-hybridized carbons (Fsp3) is 0.250. The minimum atomic E-state index is 0.0841. The van der Waals surface area contributed by atoms with Crippen molar-refractivity contribution < 1.29 is 4.74 Å². The number of allylic oxidation sites excluding steroid dienone is 8. The van der Waals surface area contributed by atoms with Gasteiger partial charge in [-0.05, 0) is 75.3 Å². The Morgan fingerprint density at radius 1 is 1.10 bits per heavy atom. The smallest absolute Gasteiger partial charge is 0.137 e. The quantitative estimate of drug-likeness (QED) is 0.572. The van der Waals surface area contributed by atoms with Crippen molar-refractivity contribution >= 4 is 23.0 Å². The lowest BCUT2D eigenvalue weighted by molar-refractivity contribution is 0.317. The standard InChI is InChI=1S/C24H23N3OS/c1-5-27(6-2)20-7-8-23-16(3)9-22(29-24(23)12-20)13-21-11-18(10-17(4)28-21)19(14-25)15-26/h7-13H,5-6H2,1-4H3/b22-13+. The second kappa shape index (κ2) is 8.90. The highest BCUT2D eigenvalue weighted by atomic mass is 32.2. The molecule has 4 nitrogen and oxygen atoms in total. The maximum Gasteiger partial charge on any atom is 0.137 e. The number of benzene rings is 1. The van der Waals surface area contributed by atoms with Gasteiger partial charge in [-0.1, -0.05) is 17.8 Å². The van der Waals surface area contributed by atoms with Crippen molar-refractivity contribution in [2.45, 2.75) is 32.6 Å². The Bertz CT molecular complexity index is 1050. The van der Waals surface area contributed by atoms with Crippen molar-refractivity contribution in [1.82, 2.24) is 0 Å². The zero-order chi connectivity index (χ0) is 21.0. The number of hydrogen-bond donors (Lipinski definition) is 0. The van der Waals surface area contributed by atoms with Gasteiger partial charge in [0.15, 0.2) is 0 Å². The lowest BCUT2D eigenvalue weighted by atomic mass is 10.0. The molecule has 2 heterocycles. The number of nitrogens with zero attached hydrogens (tertiary/aromatic N) is 3. The Balaban J connectivity index is 1.97. The molecule has 0 fully saturated rings. The minimum Gasteiger partial charge on any atom is -0.462 e. The Kier molecular flexibility index (Phi) is 6.32. The number of ether oxygens (including phenoxy) is 1. The average Bonchev–Trinajstić information content (AvgIpc) is 2.69. The third-order valence-electron chi connectivity index (χ3n) is 4.84. The largest absolute Gasteiger partial charge is 0.462 e. The number of anilines is 1. The molecule has 29 heavy (non-hydrogen) atoms. The molecule has 0 bridgehead atoms. The van der Waals surface area contributed by atoms with Crippen molar-refractivity contribution in [3.63, 3.8) is 0 Å². The fourth-order valence-electron chi connectivity index (χ4n) is 3.39. The van der Waals surface area contributed by atoms with Crippen molar-refractivity contribution in [2.24, 2.45) is 0 Å². The van der Waals surface area contributed by atoms with Crippen molar-refractivity contribution in [1.29, 1.82) is 10.5 Å². The summed E-state index contributed by atoms with van der Waals surface area (Å²) in [5.74, 6) is 1.28. The van der Waals surface area contributed by atoms with E-state index in [1.54, 1.807) is 23.9 Å². The Labute approximate surface area is 176 Å². The van der Waals surface area contributed by atoms with Crippen LogP contribution in [0.1, 0.15) is 33.3 Å². The SMILES string of the molecule is CCN(CC)c1ccc2c(c1)S/C(=C/C1=CC(=C(C#N)C#N)C=C(C)O1)C=C2C. The number of thioether (sulfide) groups is 1. The van der Waals surface area contributed by atoms with E-state index in [2.05, 4.69) is 49.9 Å². The Hall–Kier alpha value is -3.15. The molecule has 0 unspecified atom stereocenters. The summed E-state index contributed by atoms with van der Waals surface area (Å²) in [6, 6.07) is 10.5. The maximum atomic E-state index is 9.16. The molecule has 2 aliphatic rings. The Morgan fingerprint density at radius 2 is 1.83 bits per heavy atom. The van der Waals surface area contributed by atoms with Crippen LogP contribution in [0.5, 0.6) is 0 Å². The molecule has 0 saturated carbocycles. The number of hydrogen-bond acceptors (Lipinski definition) is 5. The molecule has 0 N–H and O–H groups in total. The van der Waals surface area contributed by atoms with Crippen LogP contribution >= 0.6 is 11.8 Å². The lowest BCUT2D eigenvalue weighted by Crippen LogP contribution is -2.21. The van der Waals surface area contributed by atoms with Gasteiger partial charge in [0.05, 0.1) is 0 Å². The molecule has 5 heteroatoms. The molecule has 0 saturated heterocycles. The summed E-state index contributed by atoms with van der Waals surface area (Å²) in [5.41, 5.74) is 4.33. The van der Waals surface area contributed by atoms with E-state index < -0.39 is 0 Å². The first-order valence-electron chi connectivity index (χ1n) is 9.58. The van der Waals surface area contributed by atoms with Crippen LogP contribution < -0.4 is 4.90 Å². The topological polar surface area (TPSA) is 60.0 Å². The minimum absolute atomic E-state index is 0.0841. The maximum absolute atomic E-state index is 9.16. The molecule has 0 spiro atoms. The Morgan fingerprint density at radius 3 is 2.48 bits per heavy atom. The van der Waals surface area contributed by atoms with Gasteiger partial charge in [-0.25, -0.2) is 0 Å². The summed E-state index contributed by atoms with van der Waals surface area (Å²) >= 11 is 1.70. The predicted octanol–water partition coefficient (Wildman–Crippen LogP) is 6.09. The van der Waals surface area contributed by atoms with Crippen LogP contribution in [0.25, 0.3) is 5.57 Å². The number of nitriles is 2. The monoisotopic (exact) mass is 401 g/mol. The first-order chi connectivity index (χ1) is 14.0. The zero-order valence-corrected chi connectivity index (χ0v) is 17.9. The van der Waals surface area contributed by atoms with E-state index >= 15 is 0 Å². The summed E-state index contributed by atoms with van der Waals surface area (Å²) in [5, 5.41) is 18.3. The van der Waals surface area contributed by atoms with Gasteiger partial charge < -0.3 is 9.64 Å². The van der Waals surface area contributed by atoms with Crippen LogP contribution in [-0.4, -0.2) is 13.1 Å². The summed E-state index contributed by atoms with van der Waals surface area (Å²) in [4.78, 5) is 4.61. The van der Waals surface area contributed by atoms with Crippen LogP contribution in [-0.2, 0) is 4.74 Å². The van der Waals surface area contributed by atoms with E-state index in [4.69, 9.17) is 15.3 Å². The first kappa shape index (κ1) is 20.6. The second-order valence-corrected chi connectivity index (χ2v) is 7.90. The van der Waals surface area contributed by atoms with E-state index in [-0.39, 0.29) is 5.57 Å². The van der Waals surface area contributed by atoms with Gasteiger partial charge in [0, 0.05) is 34.2 Å². The van der Waals surface area contributed by atoms with Crippen LogP contribution in [0.4, 0.5) is 5.69 Å². The van der Waals surface area contributed by atoms with Gasteiger partial charge in [-0.15, -0.1) is 0 Å². The third kappa shape index (κ3) is 4.47. The summed E-state index contributed by atoms with van der Waals surface area (Å²) in [6.07, 6.45) is 7.56. The summed E-state index contributed by atoms with van der Waals surface area (Å²) < 4.78 is 5.82. The van der Waals surface area contributed by atoms with E-state index in [9.17, 15) is 0 Å². The molecule has 2 aliphatic heterocycles. The van der Waals surface area contributed by atoms with Crippen molar-refractivity contribution in [3.05, 3.63) is 75.6 Å². The highest BCUT2D eigenvalue weighted by Gasteiger charge is 2.17. The molecule has 0 atom stereocenters. The van der Waals surface area contributed by atoms with Crippen LogP contribution in [0.2, 0.25) is 0 Å². The van der Waals surface area contributed by atoms with Gasteiger partial charge in [0.1, 0.15) is 29.2 Å². The molecule has 0 aromatic heterocycles. The molecule has 3 rings (SSSR count). The molecular weight excluding hydrogens is 378 g/mol. The summed E-state index contributed by atoms with van der Waals surface area (Å²) in [7, 11) is 0. The van der Waals surface area contributed by atoms with Gasteiger partial charge >= 0.3 is 0 Å². The highest BCUT2D eigenvalue weighted by Crippen LogP contribution is 2.42. The molecule has 0 amide bonds. The van der Waals surface area contributed by atoms with E-state index in [0.29, 0.717) is 17.1 Å². The van der Waals surface area contributed by atoms with Gasteiger partial charge in [0.25, 0.3) is 0 Å². The molecular formula is C24H23N3OS. The van der Waals surface area contributed by atoms with E-state index in [1.165, 1.54) is 21.7 Å². The number of fused-ring (bicyclic) bond motifs is 1. The lowest BCUT2D eigenvalue weighted by Gasteiger charge is -2.24. The predicted molar refractivity (Wildman–Crippen MR) is 119 cm³/mol. The van der Waals surface area contributed by atoms with Gasteiger partial charge in [-0.3, -0.25) is 0 Å². The van der Waals surface area contributed by atoms with Crippen molar-refractivity contribution in [3.8, 4) is 12.1 Å². The second-order valence-electron chi connectivity index (χ2n) is 6.79. The molecule has 0 aliphatic carbocycles. The summed E-state index contributed by atoms with van der Waals surface area (Å²) in [6.45, 7) is 10.2. The van der Waals surface area contributed by atoms with E-state index in [1.807, 2.05) is 25.1 Å². The average molecular weight is 402 g/mol. The van der Waals surface area contributed by atoms with Crippen LogP contribution in [0.3, 0.4) is 0 Å². The zero-order valence-electron chi connectivity index (χ0n) is 17.1. The highest BCUT2D eigenvalue weighted by molar-refractivity contribution is 8.03. The van der Waals surface area contributed by atoms with Crippen molar-refractivity contribution in [2.75, 3.05) is 18.0 Å². The van der Waals surface area contributed by atoms with Gasteiger partial charge in [-0.2, -0.15) is 10.5 Å². The normalized spacial score (nSPS) is 16.6. The first-order valence-corrected chi connectivity index (χ1v) is 10.4. The number of rotatable bonds is 4. The third-order valence-corrected chi connectivity index (χ3v) is 5.87.